The zero-order valence-corrected chi connectivity index (χ0v) is 10.9. The molecule has 0 aromatic heterocycles. The number of carbonyl (C=O) groups excluding carboxylic acids is 1. The van der Waals surface area contributed by atoms with E-state index < -0.39 is 0 Å². The molecule has 3 nitrogen and oxygen atoms in total. The molecule has 0 aliphatic carbocycles. The van der Waals surface area contributed by atoms with E-state index >= 15 is 0 Å². The largest absolute Gasteiger partial charge is 0.492 e. The van der Waals surface area contributed by atoms with Gasteiger partial charge >= 0.3 is 0 Å². The van der Waals surface area contributed by atoms with Crippen LogP contribution in [0.25, 0.3) is 0 Å². The highest BCUT2D eigenvalue weighted by Crippen LogP contribution is 2.25. The molecule has 0 aliphatic heterocycles. The fourth-order valence-electron chi connectivity index (χ4n) is 1.26. The lowest BCUT2D eigenvalue weighted by Gasteiger charge is -2.14. The van der Waals surface area contributed by atoms with Crippen LogP contribution in [-0.4, -0.2) is 23.8 Å². The smallest absolute Gasteiger partial charge is 0.278 e. The van der Waals surface area contributed by atoms with Crippen molar-refractivity contribution in [2.24, 2.45) is 0 Å². The van der Waals surface area contributed by atoms with Gasteiger partial charge in [0, 0.05) is 13.6 Å². The Hall–Kier alpha value is -0.870. The van der Waals surface area contributed by atoms with E-state index in [0.29, 0.717) is 23.9 Å². The van der Waals surface area contributed by atoms with E-state index in [-0.39, 0.29) is 5.24 Å². The third-order valence-electron chi connectivity index (χ3n) is 2.04. The zero-order chi connectivity index (χ0) is 12.1. The minimum atomic E-state index is -0.273. The standard InChI is InChI=1S/C11H14ClNO2S/c1-3-15-10-5-4-8(6-9(10)12)7-13(2)11(14)16/h4-6H,3,7H2,1-2H3,(H,14,16). The first-order valence-electron chi connectivity index (χ1n) is 4.90. The lowest BCUT2D eigenvalue weighted by molar-refractivity contribution is 0.232. The molecule has 0 saturated heterocycles. The fourth-order valence-corrected chi connectivity index (χ4v) is 1.59. The Balaban J connectivity index is 2.77. The van der Waals surface area contributed by atoms with E-state index in [0.717, 1.165) is 5.56 Å². The second kappa shape index (κ2) is 6.01. The van der Waals surface area contributed by atoms with E-state index in [1.165, 1.54) is 4.90 Å². The highest BCUT2D eigenvalue weighted by Gasteiger charge is 2.07. The van der Waals surface area contributed by atoms with Crippen LogP contribution >= 0.6 is 24.2 Å². The normalized spacial score (nSPS) is 10.0. The molecule has 0 heterocycles. The lowest BCUT2D eigenvalue weighted by Crippen LogP contribution is -2.20. The van der Waals surface area contributed by atoms with Gasteiger partial charge < -0.3 is 9.64 Å². The summed E-state index contributed by atoms with van der Waals surface area (Å²) in [5.41, 5.74) is 0.943. The first kappa shape index (κ1) is 13.2. The van der Waals surface area contributed by atoms with Gasteiger partial charge in [-0.1, -0.05) is 30.3 Å². The number of hydrogen-bond acceptors (Lipinski definition) is 2. The molecule has 0 fully saturated rings. The zero-order valence-electron chi connectivity index (χ0n) is 9.24. The third-order valence-corrected chi connectivity index (χ3v) is 2.68. The molecular formula is C11H14ClNO2S. The maximum atomic E-state index is 10.9. The Morgan fingerprint density at radius 1 is 1.56 bits per heavy atom. The molecule has 0 aliphatic rings. The SMILES string of the molecule is CCOc1ccc(CN(C)C(=O)S)cc1Cl. The molecule has 5 heteroatoms. The van der Waals surface area contributed by atoms with Crippen molar-refractivity contribution < 1.29 is 9.53 Å². The summed E-state index contributed by atoms with van der Waals surface area (Å²) in [6.07, 6.45) is 0. The Morgan fingerprint density at radius 3 is 2.75 bits per heavy atom. The van der Waals surface area contributed by atoms with Gasteiger partial charge in [-0.25, -0.2) is 0 Å². The molecule has 0 spiro atoms. The second-order valence-electron chi connectivity index (χ2n) is 3.34. The Kier molecular flexibility index (Phi) is 4.96. The van der Waals surface area contributed by atoms with Crippen molar-refractivity contribution in [3.8, 4) is 5.75 Å². The quantitative estimate of drug-likeness (QED) is 0.842. The average Bonchev–Trinajstić information content (AvgIpc) is 2.22. The number of ether oxygens (including phenoxy) is 1. The van der Waals surface area contributed by atoms with Crippen LogP contribution in [-0.2, 0) is 6.54 Å². The van der Waals surface area contributed by atoms with Gasteiger partial charge in [-0.05, 0) is 24.6 Å². The molecule has 0 radical (unpaired) electrons. The summed E-state index contributed by atoms with van der Waals surface area (Å²) >= 11 is 9.76. The number of hydrogen-bond donors (Lipinski definition) is 1. The Bertz CT molecular complexity index is 384. The van der Waals surface area contributed by atoms with Crippen molar-refractivity contribution in [2.45, 2.75) is 13.5 Å². The van der Waals surface area contributed by atoms with Gasteiger partial charge in [0.05, 0.1) is 11.6 Å². The van der Waals surface area contributed by atoms with Crippen molar-refractivity contribution in [3.63, 3.8) is 0 Å². The summed E-state index contributed by atoms with van der Waals surface area (Å²) in [6, 6.07) is 5.47. The summed E-state index contributed by atoms with van der Waals surface area (Å²) in [5, 5.41) is 0.282. The molecule has 1 rings (SSSR count). The molecule has 0 saturated carbocycles. The predicted octanol–water partition coefficient (Wildman–Crippen LogP) is 3.22. The topological polar surface area (TPSA) is 29.5 Å². The summed E-state index contributed by atoms with van der Waals surface area (Å²) in [6.45, 7) is 2.96. The highest BCUT2D eigenvalue weighted by atomic mass is 35.5. The van der Waals surface area contributed by atoms with Gasteiger partial charge in [0.2, 0.25) is 0 Å². The van der Waals surface area contributed by atoms with E-state index in [1.54, 1.807) is 19.2 Å². The molecule has 0 bridgehead atoms. The van der Waals surface area contributed by atoms with Crippen LogP contribution in [0.2, 0.25) is 5.02 Å². The number of nitrogens with zero attached hydrogens (tertiary/aromatic N) is 1. The number of rotatable bonds is 4. The van der Waals surface area contributed by atoms with Crippen molar-refractivity contribution in [2.75, 3.05) is 13.7 Å². The summed E-state index contributed by atoms with van der Waals surface area (Å²) in [5.74, 6) is 0.660. The van der Waals surface area contributed by atoms with Gasteiger partial charge in [0.25, 0.3) is 5.24 Å². The minimum absolute atomic E-state index is 0.273. The van der Waals surface area contributed by atoms with Gasteiger partial charge in [-0.3, -0.25) is 4.79 Å². The maximum absolute atomic E-state index is 10.9. The molecule has 0 atom stereocenters. The van der Waals surface area contributed by atoms with E-state index in [4.69, 9.17) is 16.3 Å². The molecule has 0 N–H and O–H groups in total. The van der Waals surface area contributed by atoms with Crippen LogP contribution in [0.1, 0.15) is 12.5 Å². The van der Waals surface area contributed by atoms with Gasteiger partial charge in [-0.2, -0.15) is 0 Å². The molecular weight excluding hydrogens is 246 g/mol. The van der Waals surface area contributed by atoms with Crippen LogP contribution < -0.4 is 4.74 Å². The molecule has 1 aromatic rings. The second-order valence-corrected chi connectivity index (χ2v) is 4.13. The molecule has 0 unspecified atom stereocenters. The minimum Gasteiger partial charge on any atom is -0.492 e. The fraction of sp³-hybridized carbons (Fsp3) is 0.364. The summed E-state index contributed by atoms with van der Waals surface area (Å²) in [7, 11) is 1.68. The molecule has 1 aromatic carbocycles. The van der Waals surface area contributed by atoms with Crippen molar-refractivity contribution in [1.82, 2.24) is 4.90 Å². The van der Waals surface area contributed by atoms with Crippen molar-refractivity contribution >= 4 is 29.5 Å². The van der Waals surface area contributed by atoms with Crippen molar-refractivity contribution in [3.05, 3.63) is 28.8 Å². The highest BCUT2D eigenvalue weighted by molar-refractivity contribution is 7.96. The van der Waals surface area contributed by atoms with Crippen LogP contribution in [0, 0.1) is 0 Å². The number of carbonyl (C=O) groups is 1. The van der Waals surface area contributed by atoms with E-state index in [2.05, 4.69) is 12.6 Å². The van der Waals surface area contributed by atoms with E-state index in [9.17, 15) is 4.79 Å². The van der Waals surface area contributed by atoms with Crippen LogP contribution in [0.15, 0.2) is 18.2 Å². The Morgan fingerprint density at radius 2 is 2.25 bits per heavy atom. The van der Waals surface area contributed by atoms with Gasteiger partial charge in [0.1, 0.15) is 5.75 Å². The number of halogens is 1. The molecule has 16 heavy (non-hydrogen) atoms. The first-order valence-corrected chi connectivity index (χ1v) is 5.72. The molecule has 88 valence electrons. The number of benzene rings is 1. The first-order chi connectivity index (χ1) is 7.54. The number of amides is 1. The maximum Gasteiger partial charge on any atom is 0.278 e. The average molecular weight is 260 g/mol. The monoisotopic (exact) mass is 259 g/mol. The Labute approximate surface area is 106 Å². The number of thiol groups is 1. The third kappa shape index (κ3) is 3.61. The van der Waals surface area contributed by atoms with Gasteiger partial charge in [0.15, 0.2) is 0 Å². The predicted molar refractivity (Wildman–Crippen MR) is 68.5 cm³/mol. The summed E-state index contributed by atoms with van der Waals surface area (Å²) < 4.78 is 5.32. The lowest BCUT2D eigenvalue weighted by atomic mass is 10.2. The molecule has 1 amide bonds. The van der Waals surface area contributed by atoms with E-state index in [1.807, 2.05) is 13.0 Å². The van der Waals surface area contributed by atoms with Crippen LogP contribution in [0.5, 0.6) is 5.75 Å². The summed E-state index contributed by atoms with van der Waals surface area (Å²) in [4.78, 5) is 12.4. The van der Waals surface area contributed by atoms with Crippen molar-refractivity contribution in [1.29, 1.82) is 0 Å². The van der Waals surface area contributed by atoms with Crippen LogP contribution in [0.4, 0.5) is 4.79 Å². The van der Waals surface area contributed by atoms with Gasteiger partial charge in [-0.15, -0.1) is 0 Å². The van der Waals surface area contributed by atoms with Crippen LogP contribution in [0.3, 0.4) is 0 Å².